The van der Waals surface area contributed by atoms with Gasteiger partial charge in [0.2, 0.25) is 0 Å². The van der Waals surface area contributed by atoms with Crippen LogP contribution in [0.3, 0.4) is 0 Å². The molecule has 5 rings (SSSR count). The number of aldehydes is 1. The average molecular weight is 487 g/mol. The Kier molecular flexibility index (Phi) is 6.07. The van der Waals surface area contributed by atoms with Gasteiger partial charge in [0.05, 0.1) is 11.2 Å². The Hall–Kier alpha value is -4.01. The van der Waals surface area contributed by atoms with Crippen LogP contribution in [0, 0.1) is 11.3 Å². The average Bonchev–Trinajstić information content (AvgIpc) is 3.29. The van der Waals surface area contributed by atoms with Crippen molar-refractivity contribution < 1.29 is 14.7 Å². The number of pyridine rings is 2. The van der Waals surface area contributed by atoms with E-state index in [1.54, 1.807) is 18.3 Å². The van der Waals surface area contributed by atoms with E-state index in [0.717, 1.165) is 48.8 Å². The van der Waals surface area contributed by atoms with Crippen LogP contribution in [0.15, 0.2) is 48.7 Å². The van der Waals surface area contributed by atoms with Gasteiger partial charge in [-0.2, -0.15) is 0 Å². The number of nitrogens with one attached hydrogen (secondary N) is 1. The van der Waals surface area contributed by atoms with Gasteiger partial charge in [-0.25, -0.2) is 9.78 Å². The van der Waals surface area contributed by atoms with E-state index >= 15 is 0 Å². The molecular weight excluding hydrogens is 456 g/mol. The molecule has 1 aliphatic rings. The standard InChI is InChI=1S/C27H30N6O3/c1-27(2,3)24(29-26(35)36)19-10-12-32(13-11-19)21-6-4-5-18-7-8-20(28-23(18)21)25-31-30-22-15-17(16-34)9-14-33(22)25/h4-9,14-16,19,24,29H,10-13H2,1-3H3,(H,35,36). The molecule has 4 aromatic rings. The molecule has 1 atom stereocenters. The maximum atomic E-state index is 11.4. The Labute approximate surface area is 209 Å². The normalized spacial score (nSPS) is 15.8. The quantitative estimate of drug-likeness (QED) is 0.395. The van der Waals surface area contributed by atoms with Crippen LogP contribution in [0.5, 0.6) is 0 Å². The number of para-hydroxylation sites is 1. The molecule has 0 radical (unpaired) electrons. The highest BCUT2D eigenvalue weighted by atomic mass is 16.4. The summed E-state index contributed by atoms with van der Waals surface area (Å²) in [7, 11) is 0. The fourth-order valence-corrected chi connectivity index (χ4v) is 5.31. The SMILES string of the molecule is CC(C)(C)C(NC(=O)O)C1CCN(c2cccc3ccc(-c4nnc5cc(C=O)ccn45)nc23)CC1. The van der Waals surface area contributed by atoms with Gasteiger partial charge in [-0.05, 0) is 48.4 Å². The van der Waals surface area contributed by atoms with Crippen molar-refractivity contribution in [3.63, 3.8) is 0 Å². The first-order valence-corrected chi connectivity index (χ1v) is 12.2. The number of hydrogen-bond donors (Lipinski definition) is 2. The molecular formula is C27H30N6O3. The highest BCUT2D eigenvalue weighted by molar-refractivity contribution is 5.92. The molecule has 0 saturated carbocycles. The topological polar surface area (TPSA) is 113 Å². The molecule has 186 valence electrons. The molecule has 2 N–H and O–H groups in total. The number of hydrogen-bond acceptors (Lipinski definition) is 6. The van der Waals surface area contributed by atoms with E-state index < -0.39 is 6.09 Å². The summed E-state index contributed by atoms with van der Waals surface area (Å²) in [6.45, 7) is 7.91. The van der Waals surface area contributed by atoms with Gasteiger partial charge in [0.15, 0.2) is 11.5 Å². The molecule has 0 spiro atoms. The zero-order valence-electron chi connectivity index (χ0n) is 20.7. The van der Waals surface area contributed by atoms with Gasteiger partial charge in [-0.1, -0.05) is 39.0 Å². The van der Waals surface area contributed by atoms with Gasteiger partial charge in [-0.3, -0.25) is 9.20 Å². The van der Waals surface area contributed by atoms with Gasteiger partial charge in [0.1, 0.15) is 12.0 Å². The van der Waals surface area contributed by atoms with Crippen LogP contribution >= 0.6 is 0 Å². The molecule has 1 amide bonds. The van der Waals surface area contributed by atoms with Crippen LogP contribution in [0.1, 0.15) is 44.0 Å². The third-order valence-electron chi connectivity index (χ3n) is 7.06. The van der Waals surface area contributed by atoms with Crippen LogP contribution < -0.4 is 10.2 Å². The monoisotopic (exact) mass is 486 g/mol. The molecule has 1 aromatic carbocycles. The van der Waals surface area contributed by atoms with E-state index in [-0.39, 0.29) is 17.4 Å². The number of benzene rings is 1. The predicted octanol–water partition coefficient (Wildman–Crippen LogP) is 4.66. The van der Waals surface area contributed by atoms with Crippen LogP contribution in [0.2, 0.25) is 0 Å². The lowest BCUT2D eigenvalue weighted by atomic mass is 9.75. The summed E-state index contributed by atoms with van der Waals surface area (Å²) in [4.78, 5) is 29.9. The Morgan fingerprint density at radius 2 is 1.92 bits per heavy atom. The minimum Gasteiger partial charge on any atom is -0.465 e. The van der Waals surface area contributed by atoms with Crippen molar-refractivity contribution in [2.45, 2.75) is 39.7 Å². The maximum Gasteiger partial charge on any atom is 0.404 e. The maximum absolute atomic E-state index is 11.4. The number of piperidine rings is 1. The summed E-state index contributed by atoms with van der Waals surface area (Å²) in [6, 6.07) is 13.5. The number of carbonyl (C=O) groups is 2. The lowest BCUT2D eigenvalue weighted by Gasteiger charge is -2.42. The lowest BCUT2D eigenvalue weighted by molar-refractivity contribution is 0.112. The third-order valence-corrected chi connectivity index (χ3v) is 7.06. The first kappa shape index (κ1) is 23.7. The van der Waals surface area contributed by atoms with Crippen LogP contribution in [0.25, 0.3) is 28.1 Å². The second-order valence-corrected chi connectivity index (χ2v) is 10.5. The first-order valence-electron chi connectivity index (χ1n) is 12.2. The van der Waals surface area contributed by atoms with Crippen LogP contribution in [-0.2, 0) is 0 Å². The summed E-state index contributed by atoms with van der Waals surface area (Å²) in [5.74, 6) is 0.889. The molecule has 9 heteroatoms. The van der Waals surface area contributed by atoms with E-state index in [9.17, 15) is 14.7 Å². The fraction of sp³-hybridized carbons (Fsp3) is 0.370. The lowest BCUT2D eigenvalue weighted by Crippen LogP contribution is -2.51. The third kappa shape index (κ3) is 4.48. The number of carbonyl (C=O) groups excluding carboxylic acids is 1. The van der Waals surface area contributed by atoms with Crippen molar-refractivity contribution >= 4 is 34.6 Å². The van der Waals surface area contributed by atoms with Crippen molar-refractivity contribution in [1.29, 1.82) is 0 Å². The number of anilines is 1. The molecule has 0 bridgehead atoms. The fourth-order valence-electron chi connectivity index (χ4n) is 5.31. The summed E-state index contributed by atoms with van der Waals surface area (Å²) in [5, 5.41) is 21.7. The molecule has 1 unspecified atom stereocenters. The predicted molar refractivity (Wildman–Crippen MR) is 138 cm³/mol. The van der Waals surface area contributed by atoms with E-state index in [1.807, 2.05) is 28.7 Å². The molecule has 1 saturated heterocycles. The number of nitrogens with zero attached hydrogens (tertiary/aromatic N) is 5. The number of carboxylic acid groups (broad SMARTS) is 1. The summed E-state index contributed by atoms with van der Waals surface area (Å²) < 4.78 is 1.83. The van der Waals surface area contributed by atoms with Crippen molar-refractivity contribution in [2.75, 3.05) is 18.0 Å². The largest absolute Gasteiger partial charge is 0.465 e. The zero-order chi connectivity index (χ0) is 25.4. The van der Waals surface area contributed by atoms with Crippen molar-refractivity contribution in [3.8, 4) is 11.5 Å². The molecule has 1 aliphatic heterocycles. The smallest absolute Gasteiger partial charge is 0.404 e. The van der Waals surface area contributed by atoms with Crippen LogP contribution in [0.4, 0.5) is 10.5 Å². The molecule has 9 nitrogen and oxygen atoms in total. The molecule has 36 heavy (non-hydrogen) atoms. The van der Waals surface area contributed by atoms with E-state index in [2.05, 4.69) is 47.3 Å². The Balaban J connectivity index is 1.44. The summed E-state index contributed by atoms with van der Waals surface area (Å²) in [5.41, 5.74) is 3.64. The zero-order valence-corrected chi connectivity index (χ0v) is 20.7. The van der Waals surface area contributed by atoms with Gasteiger partial charge < -0.3 is 15.3 Å². The highest BCUT2D eigenvalue weighted by Gasteiger charge is 2.35. The highest BCUT2D eigenvalue weighted by Crippen LogP contribution is 2.35. The number of rotatable bonds is 5. The molecule has 1 fully saturated rings. The molecule has 4 heterocycles. The summed E-state index contributed by atoms with van der Waals surface area (Å²) in [6.07, 6.45) is 3.40. The van der Waals surface area contributed by atoms with Crippen molar-refractivity contribution in [3.05, 3.63) is 54.2 Å². The number of amides is 1. The van der Waals surface area contributed by atoms with Gasteiger partial charge in [0, 0.05) is 36.3 Å². The first-order chi connectivity index (χ1) is 17.2. The van der Waals surface area contributed by atoms with Crippen LogP contribution in [-0.4, -0.2) is 56.2 Å². The molecule has 3 aromatic heterocycles. The number of aromatic nitrogens is 4. The minimum absolute atomic E-state index is 0.102. The van der Waals surface area contributed by atoms with Gasteiger partial charge in [-0.15, -0.1) is 10.2 Å². The van der Waals surface area contributed by atoms with E-state index in [0.29, 0.717) is 22.7 Å². The Morgan fingerprint density at radius 1 is 1.14 bits per heavy atom. The Morgan fingerprint density at radius 3 is 2.61 bits per heavy atom. The van der Waals surface area contributed by atoms with Gasteiger partial charge >= 0.3 is 6.09 Å². The van der Waals surface area contributed by atoms with Gasteiger partial charge in [0.25, 0.3) is 0 Å². The summed E-state index contributed by atoms with van der Waals surface area (Å²) >= 11 is 0. The van der Waals surface area contributed by atoms with E-state index in [1.165, 1.54) is 0 Å². The van der Waals surface area contributed by atoms with Crippen molar-refractivity contribution in [1.82, 2.24) is 24.9 Å². The number of fused-ring (bicyclic) bond motifs is 2. The van der Waals surface area contributed by atoms with Crippen molar-refractivity contribution in [2.24, 2.45) is 11.3 Å². The second kappa shape index (κ2) is 9.22. The molecule has 0 aliphatic carbocycles. The minimum atomic E-state index is -0.966. The second-order valence-electron chi connectivity index (χ2n) is 10.5. The Bertz CT molecular complexity index is 1430. The van der Waals surface area contributed by atoms with E-state index in [4.69, 9.17) is 4.98 Å².